The van der Waals surface area contributed by atoms with E-state index < -0.39 is 0 Å². The number of nitrogens with zero attached hydrogens (tertiary/aromatic N) is 4. The van der Waals surface area contributed by atoms with Gasteiger partial charge in [-0.25, -0.2) is 0 Å². The average molecular weight is 334 g/mol. The number of anilines is 1. The van der Waals surface area contributed by atoms with Crippen molar-refractivity contribution in [3.05, 3.63) is 17.8 Å². The maximum atomic E-state index is 6.11. The third-order valence-electron chi connectivity index (χ3n) is 5.17. The monoisotopic (exact) mass is 334 g/mol. The third kappa shape index (κ3) is 4.05. The lowest BCUT2D eigenvalue weighted by atomic mass is 9.73. The van der Waals surface area contributed by atoms with Crippen molar-refractivity contribution >= 4 is 5.82 Å². The molecule has 3 rings (SSSR count). The van der Waals surface area contributed by atoms with Crippen molar-refractivity contribution in [2.75, 3.05) is 58.5 Å². The second-order valence-electron chi connectivity index (χ2n) is 7.42. The summed E-state index contributed by atoms with van der Waals surface area (Å²) in [6, 6.07) is 4.11. The predicted molar refractivity (Wildman–Crippen MR) is 94.4 cm³/mol. The van der Waals surface area contributed by atoms with E-state index in [0.717, 1.165) is 70.2 Å². The number of aromatic nitrogens is 2. The van der Waals surface area contributed by atoms with Crippen LogP contribution in [-0.2, 0) is 9.47 Å². The van der Waals surface area contributed by atoms with E-state index >= 15 is 0 Å². The van der Waals surface area contributed by atoms with Crippen molar-refractivity contribution in [1.82, 2.24) is 15.1 Å². The molecule has 3 heterocycles. The third-order valence-corrected chi connectivity index (χ3v) is 5.17. The van der Waals surface area contributed by atoms with Gasteiger partial charge in [-0.2, -0.15) is 5.10 Å². The summed E-state index contributed by atoms with van der Waals surface area (Å²) in [6.07, 6.45) is 3.61. The number of likely N-dealkylation sites (N-methyl/N-ethyl adjacent to an activating group) is 1. The van der Waals surface area contributed by atoms with Gasteiger partial charge in [0.05, 0.1) is 25.0 Å². The summed E-state index contributed by atoms with van der Waals surface area (Å²) >= 11 is 0. The molecule has 2 aliphatic heterocycles. The summed E-state index contributed by atoms with van der Waals surface area (Å²) in [5, 5.41) is 8.59. The van der Waals surface area contributed by atoms with Crippen LogP contribution in [0.2, 0.25) is 0 Å². The molecule has 2 saturated heterocycles. The Kier molecular flexibility index (Phi) is 5.69. The van der Waals surface area contributed by atoms with Gasteiger partial charge in [-0.15, -0.1) is 5.10 Å². The minimum atomic E-state index is 0.0787. The first-order valence-electron chi connectivity index (χ1n) is 8.98. The summed E-state index contributed by atoms with van der Waals surface area (Å²) in [7, 11) is 4.15. The van der Waals surface area contributed by atoms with Gasteiger partial charge in [0, 0.05) is 31.7 Å². The molecule has 0 aromatic carbocycles. The van der Waals surface area contributed by atoms with E-state index in [4.69, 9.17) is 9.47 Å². The van der Waals surface area contributed by atoms with Crippen molar-refractivity contribution < 1.29 is 9.47 Å². The maximum absolute atomic E-state index is 6.11. The zero-order valence-corrected chi connectivity index (χ0v) is 15.2. The van der Waals surface area contributed by atoms with Crippen molar-refractivity contribution in [2.45, 2.75) is 32.3 Å². The fraction of sp³-hybridized carbons (Fsp3) is 0.778. The highest BCUT2D eigenvalue weighted by Gasteiger charge is 2.46. The minimum absolute atomic E-state index is 0.0787. The molecule has 1 aromatic rings. The molecule has 6 nitrogen and oxygen atoms in total. The molecular formula is C18H30N4O2. The van der Waals surface area contributed by atoms with Crippen molar-refractivity contribution in [2.24, 2.45) is 5.41 Å². The molecule has 0 bridgehead atoms. The molecule has 2 unspecified atom stereocenters. The number of hydrogen-bond acceptors (Lipinski definition) is 6. The van der Waals surface area contributed by atoms with Gasteiger partial charge in [0.25, 0.3) is 0 Å². The van der Waals surface area contributed by atoms with Gasteiger partial charge in [-0.3, -0.25) is 0 Å². The molecule has 0 aliphatic carbocycles. The van der Waals surface area contributed by atoms with Crippen molar-refractivity contribution in [3.63, 3.8) is 0 Å². The summed E-state index contributed by atoms with van der Waals surface area (Å²) in [6.45, 7) is 7.26. The lowest BCUT2D eigenvalue weighted by Gasteiger charge is -2.50. The molecular weight excluding hydrogens is 304 g/mol. The minimum Gasteiger partial charge on any atom is -0.379 e. The topological polar surface area (TPSA) is 50.7 Å². The highest BCUT2D eigenvalue weighted by Crippen LogP contribution is 2.41. The average Bonchev–Trinajstić information content (AvgIpc) is 2.59. The molecule has 2 aliphatic rings. The molecule has 1 aromatic heterocycles. The number of fused-ring (bicyclic) bond motifs is 1. The van der Waals surface area contributed by atoms with Crippen LogP contribution in [0, 0.1) is 12.3 Å². The van der Waals surface area contributed by atoms with Crippen LogP contribution in [0.25, 0.3) is 0 Å². The lowest BCUT2D eigenvalue weighted by molar-refractivity contribution is -0.125. The molecule has 24 heavy (non-hydrogen) atoms. The van der Waals surface area contributed by atoms with E-state index in [0.29, 0.717) is 6.10 Å². The van der Waals surface area contributed by atoms with E-state index in [9.17, 15) is 0 Å². The molecule has 0 radical (unpaired) electrons. The van der Waals surface area contributed by atoms with Crippen LogP contribution in [0.4, 0.5) is 5.82 Å². The van der Waals surface area contributed by atoms with Gasteiger partial charge in [-0.05, 0) is 52.4 Å². The standard InChI is InChI=1S/C18H30N4O2/c1-15-5-6-17(20-19-15)22-9-7-16-18(13-22,8-4-11-24-16)14-23-12-10-21(2)3/h5-6,16H,4,7-14H2,1-3H3. The molecule has 0 saturated carbocycles. The molecule has 2 atom stereocenters. The van der Waals surface area contributed by atoms with Crippen molar-refractivity contribution in [3.8, 4) is 0 Å². The first-order chi connectivity index (χ1) is 11.6. The zero-order valence-electron chi connectivity index (χ0n) is 15.2. The number of rotatable bonds is 6. The Labute approximate surface area is 145 Å². The predicted octanol–water partition coefficient (Wildman–Crippen LogP) is 1.74. The molecule has 2 fully saturated rings. The lowest BCUT2D eigenvalue weighted by Crippen LogP contribution is -2.57. The molecule has 0 N–H and O–H groups in total. The van der Waals surface area contributed by atoms with Gasteiger partial charge < -0.3 is 19.3 Å². The number of piperidine rings is 1. The maximum Gasteiger partial charge on any atom is 0.151 e. The van der Waals surface area contributed by atoms with Crippen LogP contribution in [0.1, 0.15) is 25.0 Å². The fourth-order valence-electron chi connectivity index (χ4n) is 3.78. The summed E-state index contributed by atoms with van der Waals surface area (Å²) in [5.74, 6) is 0.970. The highest BCUT2D eigenvalue weighted by atomic mass is 16.5. The Bertz CT molecular complexity index is 522. The second-order valence-corrected chi connectivity index (χ2v) is 7.42. The summed E-state index contributed by atoms with van der Waals surface area (Å²) in [5.41, 5.74) is 1.03. The van der Waals surface area contributed by atoms with Crippen LogP contribution < -0.4 is 4.90 Å². The summed E-state index contributed by atoms with van der Waals surface area (Å²) < 4.78 is 12.2. The Morgan fingerprint density at radius 3 is 3.00 bits per heavy atom. The van der Waals surface area contributed by atoms with Gasteiger partial charge in [0.2, 0.25) is 0 Å². The van der Waals surface area contributed by atoms with E-state index in [1.165, 1.54) is 0 Å². The highest BCUT2D eigenvalue weighted by molar-refractivity contribution is 5.39. The van der Waals surface area contributed by atoms with E-state index in [2.05, 4.69) is 40.2 Å². The van der Waals surface area contributed by atoms with Gasteiger partial charge in [0.1, 0.15) is 0 Å². The Morgan fingerprint density at radius 2 is 2.25 bits per heavy atom. The molecule has 0 amide bonds. The van der Waals surface area contributed by atoms with Crippen molar-refractivity contribution in [1.29, 1.82) is 0 Å². The molecule has 6 heteroatoms. The van der Waals surface area contributed by atoms with Gasteiger partial charge in [-0.1, -0.05) is 0 Å². The smallest absolute Gasteiger partial charge is 0.151 e. The summed E-state index contributed by atoms with van der Waals surface area (Å²) in [4.78, 5) is 4.51. The van der Waals surface area contributed by atoms with Crippen LogP contribution in [0.5, 0.6) is 0 Å². The van der Waals surface area contributed by atoms with Crippen LogP contribution >= 0.6 is 0 Å². The normalized spacial score (nSPS) is 27.3. The second kappa shape index (κ2) is 7.76. The largest absolute Gasteiger partial charge is 0.379 e. The first kappa shape index (κ1) is 17.6. The SMILES string of the molecule is Cc1ccc(N2CCC3OCCCC3(COCCN(C)C)C2)nn1. The molecule has 134 valence electrons. The van der Waals surface area contributed by atoms with Gasteiger partial charge >= 0.3 is 0 Å². The fourth-order valence-corrected chi connectivity index (χ4v) is 3.78. The van der Waals surface area contributed by atoms with Gasteiger partial charge in [0.15, 0.2) is 5.82 Å². The Morgan fingerprint density at radius 1 is 1.38 bits per heavy atom. The quantitative estimate of drug-likeness (QED) is 0.739. The number of ether oxygens (including phenoxy) is 2. The van der Waals surface area contributed by atoms with Crippen LogP contribution in [0.15, 0.2) is 12.1 Å². The Hall–Kier alpha value is -1.24. The van der Waals surface area contributed by atoms with E-state index in [1.54, 1.807) is 0 Å². The zero-order chi connectivity index (χ0) is 17.0. The van der Waals surface area contributed by atoms with E-state index in [-0.39, 0.29) is 5.41 Å². The first-order valence-corrected chi connectivity index (χ1v) is 8.98. The number of aryl methyl sites for hydroxylation is 1. The Balaban J connectivity index is 1.68. The molecule has 0 spiro atoms. The number of hydrogen-bond donors (Lipinski definition) is 0. The van der Waals surface area contributed by atoms with Crippen LogP contribution in [0.3, 0.4) is 0 Å². The van der Waals surface area contributed by atoms with E-state index in [1.807, 2.05) is 13.0 Å². The van der Waals surface area contributed by atoms with Crippen LogP contribution in [-0.4, -0.2) is 74.8 Å².